The van der Waals surface area contributed by atoms with Gasteiger partial charge in [0.05, 0.1) is 19.6 Å². The van der Waals surface area contributed by atoms with Gasteiger partial charge in [0.1, 0.15) is 16.7 Å². The number of carbonyl (C=O) groups excluding carboxylic acids is 5. The summed E-state index contributed by atoms with van der Waals surface area (Å²) >= 11 is 1.24. The molecule has 4 fully saturated rings. The van der Waals surface area contributed by atoms with Gasteiger partial charge in [-0.15, -0.1) is 11.3 Å². The van der Waals surface area contributed by atoms with Gasteiger partial charge >= 0.3 is 11.9 Å². The summed E-state index contributed by atoms with van der Waals surface area (Å²) in [5.74, 6) is -1.51. The van der Waals surface area contributed by atoms with Crippen molar-refractivity contribution in [3.05, 3.63) is 16.1 Å². The molecule has 2 bridgehead atoms. The number of hydrogen-bond donors (Lipinski definition) is 2. The number of hydrogen-bond acceptors (Lipinski definition) is 10. The first-order chi connectivity index (χ1) is 21.6. The molecule has 0 radical (unpaired) electrons. The fraction of sp³-hybridized carbons (Fsp3) is 0.758. The van der Waals surface area contributed by atoms with Gasteiger partial charge in [-0.05, 0) is 62.9 Å². The van der Waals surface area contributed by atoms with Crippen molar-refractivity contribution in [1.29, 1.82) is 0 Å². The number of nitrogens with one attached hydrogen (secondary N) is 2. The molecule has 13 heteroatoms. The number of ether oxygens (including phenoxy) is 2. The molecule has 5 rings (SSSR count). The zero-order chi connectivity index (χ0) is 34.0. The summed E-state index contributed by atoms with van der Waals surface area (Å²) in [6.45, 7) is 10.0. The van der Waals surface area contributed by atoms with E-state index in [0.29, 0.717) is 11.4 Å². The normalized spacial score (nSPS) is 25.8. The Kier molecular flexibility index (Phi) is 11.2. The van der Waals surface area contributed by atoms with Gasteiger partial charge in [-0.3, -0.25) is 28.9 Å². The van der Waals surface area contributed by atoms with Crippen molar-refractivity contribution in [2.45, 2.75) is 116 Å². The van der Waals surface area contributed by atoms with Crippen LogP contribution in [0.1, 0.15) is 108 Å². The Morgan fingerprint density at radius 2 is 1.78 bits per heavy atom. The first kappa shape index (κ1) is 35.8. The Morgan fingerprint density at radius 1 is 1.11 bits per heavy atom. The van der Waals surface area contributed by atoms with E-state index in [1.165, 1.54) is 25.4 Å². The highest BCUT2D eigenvalue weighted by Crippen LogP contribution is 2.69. The third-order valence-electron chi connectivity index (χ3n) is 9.98. The van der Waals surface area contributed by atoms with E-state index in [1.807, 2.05) is 39.6 Å². The quantitative estimate of drug-likeness (QED) is 0.286. The number of aromatic nitrogens is 1. The standard InChI is InChI=1S/C33H51N5O7S/c1-19(2)24(38(7)31(43)27(20(3)4)35-29(42)23-11-9-10-12-37(23)6)13-25(45-21(5)39)30-34-22(15-46-30)28(41)36-33-16-32(17-33,18-33)14-26(40)44-8/h15,19-20,23-25,27H,9-14,16-18H2,1-8H3,(H,35,42)(H,36,41)/t23?,24-,25-,27+,32?,33?/m1/s1. The molecule has 4 aliphatic rings. The zero-order valence-electron chi connectivity index (χ0n) is 28.5. The van der Waals surface area contributed by atoms with E-state index < -0.39 is 18.1 Å². The van der Waals surface area contributed by atoms with Crippen molar-refractivity contribution in [2.24, 2.45) is 17.3 Å². The number of piperidine rings is 1. The van der Waals surface area contributed by atoms with E-state index in [9.17, 15) is 24.0 Å². The molecule has 1 aliphatic heterocycles. The molecule has 1 unspecified atom stereocenters. The number of likely N-dealkylation sites (tertiary alicyclic amines) is 1. The number of nitrogens with zero attached hydrogens (tertiary/aromatic N) is 3. The predicted octanol–water partition coefficient (Wildman–Crippen LogP) is 3.46. The monoisotopic (exact) mass is 661 g/mol. The van der Waals surface area contributed by atoms with Crippen molar-refractivity contribution in [3.8, 4) is 0 Å². The highest BCUT2D eigenvalue weighted by Gasteiger charge is 2.69. The molecule has 4 atom stereocenters. The Hall–Kier alpha value is -3.06. The molecule has 1 aromatic heterocycles. The average Bonchev–Trinajstić information content (AvgIpc) is 3.45. The highest BCUT2D eigenvalue weighted by molar-refractivity contribution is 7.09. The van der Waals surface area contributed by atoms with Gasteiger partial charge in [0, 0.05) is 37.4 Å². The van der Waals surface area contributed by atoms with E-state index in [4.69, 9.17) is 9.47 Å². The van der Waals surface area contributed by atoms with Crippen molar-refractivity contribution < 1.29 is 33.4 Å². The van der Waals surface area contributed by atoms with Crippen LogP contribution in [0.3, 0.4) is 0 Å². The van der Waals surface area contributed by atoms with Crippen LogP contribution in [0.15, 0.2) is 5.38 Å². The lowest BCUT2D eigenvalue weighted by atomic mass is 9.38. The van der Waals surface area contributed by atoms with Gasteiger partial charge in [0.15, 0.2) is 6.10 Å². The molecule has 2 N–H and O–H groups in total. The van der Waals surface area contributed by atoms with Crippen LogP contribution in [0.4, 0.5) is 0 Å². The maximum absolute atomic E-state index is 13.9. The molecule has 2 heterocycles. The van der Waals surface area contributed by atoms with Crippen LogP contribution in [0, 0.1) is 17.3 Å². The molecular weight excluding hydrogens is 610 g/mol. The van der Waals surface area contributed by atoms with Crippen molar-refractivity contribution >= 4 is 41.0 Å². The van der Waals surface area contributed by atoms with Crippen LogP contribution in [-0.2, 0) is 28.7 Å². The molecule has 3 amide bonds. The molecule has 12 nitrogen and oxygen atoms in total. The van der Waals surface area contributed by atoms with E-state index in [2.05, 4.69) is 15.6 Å². The Bertz CT molecular complexity index is 1290. The third kappa shape index (κ3) is 7.90. The Balaban J connectivity index is 1.43. The predicted molar refractivity (Wildman–Crippen MR) is 173 cm³/mol. The third-order valence-corrected chi connectivity index (χ3v) is 10.9. The molecule has 256 valence electrons. The molecular formula is C33H51N5O7S. The van der Waals surface area contributed by atoms with E-state index in [-0.39, 0.29) is 70.7 Å². The smallest absolute Gasteiger partial charge is 0.306 e. The summed E-state index contributed by atoms with van der Waals surface area (Å²) in [5.41, 5.74) is -0.151. The largest absolute Gasteiger partial charge is 0.469 e. The minimum Gasteiger partial charge on any atom is -0.469 e. The van der Waals surface area contributed by atoms with Crippen LogP contribution in [0.5, 0.6) is 0 Å². The fourth-order valence-corrected chi connectivity index (χ4v) is 8.43. The molecule has 3 aliphatic carbocycles. The topological polar surface area (TPSA) is 147 Å². The van der Waals surface area contributed by atoms with Gasteiger partial charge in [-0.1, -0.05) is 34.1 Å². The van der Waals surface area contributed by atoms with Crippen LogP contribution < -0.4 is 10.6 Å². The second kappa shape index (κ2) is 14.4. The molecule has 1 saturated heterocycles. The summed E-state index contributed by atoms with van der Waals surface area (Å²) in [7, 11) is 5.05. The fourth-order valence-electron chi connectivity index (χ4n) is 7.59. The van der Waals surface area contributed by atoms with E-state index >= 15 is 0 Å². The maximum atomic E-state index is 13.9. The SMILES string of the molecule is COC(=O)CC12CC(NC(=O)c3csc([C@@H](C[C@H](C(C)C)N(C)C(=O)[C@@H](NC(=O)C4CCCCN4C)C(C)C)OC(C)=O)n3)(C1)C2. The number of methoxy groups -OCH3 is 1. The summed E-state index contributed by atoms with van der Waals surface area (Å²) in [6.07, 6.45) is 4.88. The average molecular weight is 662 g/mol. The maximum Gasteiger partial charge on any atom is 0.306 e. The summed E-state index contributed by atoms with van der Waals surface area (Å²) in [5, 5.41) is 8.26. The van der Waals surface area contributed by atoms with Gasteiger partial charge in [-0.2, -0.15) is 0 Å². The van der Waals surface area contributed by atoms with Gasteiger partial charge in [-0.25, -0.2) is 4.98 Å². The van der Waals surface area contributed by atoms with Crippen LogP contribution >= 0.6 is 11.3 Å². The Labute approximate surface area is 276 Å². The minimum absolute atomic E-state index is 0.00989. The lowest BCUT2D eigenvalue weighted by Gasteiger charge is -2.70. The van der Waals surface area contributed by atoms with Crippen LogP contribution in [-0.4, -0.2) is 95.9 Å². The number of carbonyl (C=O) groups is 5. The molecule has 3 saturated carbocycles. The van der Waals surface area contributed by atoms with Crippen molar-refractivity contribution in [1.82, 2.24) is 25.4 Å². The van der Waals surface area contributed by atoms with E-state index in [1.54, 1.807) is 17.3 Å². The number of esters is 2. The molecule has 1 aromatic rings. The van der Waals surface area contributed by atoms with Crippen LogP contribution in [0.25, 0.3) is 0 Å². The van der Waals surface area contributed by atoms with E-state index in [0.717, 1.165) is 45.1 Å². The number of likely N-dealkylation sites (N-methyl/N-ethyl adjacent to an activating group) is 2. The Morgan fingerprint density at radius 3 is 2.35 bits per heavy atom. The highest BCUT2D eigenvalue weighted by atomic mass is 32.1. The van der Waals surface area contributed by atoms with Crippen molar-refractivity contribution in [2.75, 3.05) is 27.7 Å². The van der Waals surface area contributed by atoms with Crippen LogP contribution in [0.2, 0.25) is 0 Å². The minimum atomic E-state index is -0.770. The number of amides is 3. The molecule has 0 spiro atoms. The number of rotatable bonds is 14. The second-order valence-electron chi connectivity index (χ2n) is 14.4. The summed E-state index contributed by atoms with van der Waals surface area (Å²) < 4.78 is 10.5. The lowest BCUT2D eigenvalue weighted by Crippen LogP contribution is -2.75. The van der Waals surface area contributed by atoms with Gasteiger partial charge in [0.2, 0.25) is 11.8 Å². The first-order valence-electron chi connectivity index (χ1n) is 16.4. The zero-order valence-corrected chi connectivity index (χ0v) is 29.3. The van der Waals surface area contributed by atoms with Gasteiger partial charge in [0.25, 0.3) is 5.91 Å². The molecule has 0 aromatic carbocycles. The number of thiazole rings is 1. The first-order valence-corrected chi connectivity index (χ1v) is 17.3. The summed E-state index contributed by atoms with van der Waals surface area (Å²) in [4.78, 5) is 72.5. The molecule has 46 heavy (non-hydrogen) atoms. The summed E-state index contributed by atoms with van der Waals surface area (Å²) in [6, 6.07) is -1.31. The lowest BCUT2D eigenvalue weighted by molar-refractivity contribution is -0.175. The van der Waals surface area contributed by atoms with Gasteiger partial charge < -0.3 is 25.0 Å². The van der Waals surface area contributed by atoms with Crippen molar-refractivity contribution in [3.63, 3.8) is 0 Å². The second-order valence-corrected chi connectivity index (χ2v) is 15.3.